The van der Waals surface area contributed by atoms with Crippen molar-refractivity contribution in [3.05, 3.63) is 51.4 Å². The number of hydrazine groups is 1. The van der Waals surface area contributed by atoms with Gasteiger partial charge in [0.2, 0.25) is 0 Å². The molecule has 0 bridgehead atoms. The van der Waals surface area contributed by atoms with Gasteiger partial charge in [0.25, 0.3) is 0 Å². The number of hydrogen-bond acceptors (Lipinski definition) is 9. The van der Waals surface area contributed by atoms with Crippen LogP contribution in [0, 0.1) is 17.2 Å². The van der Waals surface area contributed by atoms with Gasteiger partial charge >= 0.3 is 0 Å². The number of anilines is 1. The van der Waals surface area contributed by atoms with Crippen LogP contribution >= 0.6 is 23.2 Å². The maximum Gasteiger partial charge on any atom is 0.146 e. The Morgan fingerprint density at radius 3 is 2.57 bits per heavy atom. The molecule has 3 aliphatic rings. The van der Waals surface area contributed by atoms with E-state index in [1.54, 1.807) is 19.5 Å². The van der Waals surface area contributed by atoms with Crippen molar-refractivity contribution >= 4 is 29.0 Å². The van der Waals surface area contributed by atoms with Crippen molar-refractivity contribution in [2.45, 2.75) is 56.3 Å². The first-order chi connectivity index (χ1) is 16.9. The number of fused-ring (bicyclic) bond motifs is 1. The number of hydrogen-bond donors (Lipinski definition) is 3. The Bertz CT molecular complexity index is 1100. The monoisotopic (exact) mass is 518 g/mol. The average Bonchev–Trinajstić information content (AvgIpc) is 3.23. The number of aromatic nitrogens is 2. The van der Waals surface area contributed by atoms with Crippen LogP contribution in [0.4, 0.5) is 5.82 Å². The van der Waals surface area contributed by atoms with Gasteiger partial charge in [0, 0.05) is 50.4 Å². The maximum absolute atomic E-state index is 9.74. The predicted octanol–water partition coefficient (Wildman–Crippen LogP) is 2.92. The maximum atomic E-state index is 9.74. The number of aliphatic hydroxyl groups is 1. The Labute approximate surface area is 214 Å². The molecule has 186 valence electrons. The van der Waals surface area contributed by atoms with Crippen LogP contribution in [0.2, 0.25) is 10.0 Å². The lowest BCUT2D eigenvalue weighted by atomic mass is 9.77. The third-order valence-corrected chi connectivity index (χ3v) is 7.88. The zero-order valence-corrected chi connectivity index (χ0v) is 21.0. The summed E-state index contributed by atoms with van der Waals surface area (Å²) >= 11 is 12.7. The van der Waals surface area contributed by atoms with Gasteiger partial charge in [-0.15, -0.1) is 0 Å². The molecule has 11 heteroatoms. The Kier molecular flexibility index (Phi) is 7.15. The minimum Gasteiger partial charge on any atom is -0.389 e. The number of rotatable bonds is 6. The highest BCUT2D eigenvalue weighted by atomic mass is 35.5. The van der Waals surface area contributed by atoms with E-state index in [1.807, 2.05) is 24.1 Å². The molecule has 2 aliphatic heterocycles. The molecule has 0 aromatic carbocycles. The molecule has 0 radical (unpaired) electrons. The first kappa shape index (κ1) is 24.7. The second kappa shape index (κ2) is 10.1. The molecule has 5 rings (SSSR count). The highest BCUT2D eigenvalue weighted by Gasteiger charge is 2.46. The van der Waals surface area contributed by atoms with E-state index in [0.29, 0.717) is 40.1 Å². The zero-order valence-electron chi connectivity index (χ0n) is 19.5. The normalized spacial score (nSPS) is 29.4. The number of aliphatic hydroxyl groups excluding tert-OH is 1. The Morgan fingerprint density at radius 2 is 1.91 bits per heavy atom. The molecule has 35 heavy (non-hydrogen) atoms. The van der Waals surface area contributed by atoms with Gasteiger partial charge in [0.1, 0.15) is 11.9 Å². The molecule has 5 unspecified atom stereocenters. The Hall–Kier alpha value is -2.03. The lowest BCUT2D eigenvalue weighted by molar-refractivity contribution is -0.117. The van der Waals surface area contributed by atoms with E-state index in [-0.39, 0.29) is 42.4 Å². The standard InChI is InChI=1S/C24H28Cl2N6O3/c1-12(22-17(25)8-28-9-18(22)26)35-21-4-16-19(5-20(21)34-2)30-31-23(16)14-3-13(6-27)24(29-7-14)32-10-15(33)11-32/h3,7-9,12,15-16,19-21,23,30-31,33H,4-5,10-11H2,1-2H3/t12-,16?,19?,20?,21?,23?/m1/s1. The number of nitrogens with zero attached hydrogens (tertiary/aromatic N) is 4. The summed E-state index contributed by atoms with van der Waals surface area (Å²) in [6.45, 7) is 2.93. The van der Waals surface area contributed by atoms with E-state index in [1.165, 1.54) is 0 Å². The largest absolute Gasteiger partial charge is 0.389 e. The first-order valence-corrected chi connectivity index (χ1v) is 12.5. The van der Waals surface area contributed by atoms with E-state index in [9.17, 15) is 10.4 Å². The van der Waals surface area contributed by atoms with Crippen LogP contribution in [-0.2, 0) is 9.47 Å². The van der Waals surface area contributed by atoms with E-state index in [4.69, 9.17) is 32.7 Å². The van der Waals surface area contributed by atoms with E-state index < -0.39 is 0 Å². The van der Waals surface area contributed by atoms with E-state index >= 15 is 0 Å². The molecule has 9 nitrogen and oxygen atoms in total. The lowest BCUT2D eigenvalue weighted by Gasteiger charge is -2.40. The Morgan fingerprint density at radius 1 is 1.17 bits per heavy atom. The number of halogens is 2. The Balaban J connectivity index is 1.35. The van der Waals surface area contributed by atoms with Crippen LogP contribution in [0.5, 0.6) is 0 Å². The number of pyridine rings is 2. The summed E-state index contributed by atoms with van der Waals surface area (Å²) in [6.07, 6.45) is 5.48. The second-order valence-electron chi connectivity index (χ2n) is 9.43. The van der Waals surface area contributed by atoms with Gasteiger partial charge in [-0.1, -0.05) is 23.2 Å². The minimum absolute atomic E-state index is 0.0389. The summed E-state index contributed by atoms with van der Waals surface area (Å²) in [4.78, 5) is 10.5. The van der Waals surface area contributed by atoms with Crippen LogP contribution in [0.3, 0.4) is 0 Å². The highest BCUT2D eigenvalue weighted by molar-refractivity contribution is 6.35. The van der Waals surface area contributed by atoms with Crippen LogP contribution in [0.15, 0.2) is 24.7 Å². The van der Waals surface area contributed by atoms with Crippen molar-refractivity contribution in [1.82, 2.24) is 20.8 Å². The summed E-state index contributed by atoms with van der Waals surface area (Å²) in [5.74, 6) is 0.820. The molecule has 6 atom stereocenters. The van der Waals surface area contributed by atoms with Crippen LogP contribution in [0.25, 0.3) is 0 Å². The molecule has 4 heterocycles. The van der Waals surface area contributed by atoms with Crippen LogP contribution in [-0.4, -0.2) is 59.6 Å². The summed E-state index contributed by atoms with van der Waals surface area (Å²) in [6, 6.07) is 4.31. The summed E-state index contributed by atoms with van der Waals surface area (Å²) in [5, 5.41) is 20.3. The van der Waals surface area contributed by atoms with Crippen LogP contribution in [0.1, 0.15) is 48.6 Å². The van der Waals surface area contributed by atoms with Gasteiger partial charge in [0.15, 0.2) is 0 Å². The predicted molar refractivity (Wildman–Crippen MR) is 131 cm³/mol. The van der Waals surface area contributed by atoms with Crippen molar-refractivity contribution in [3.8, 4) is 6.07 Å². The third-order valence-electron chi connectivity index (χ3n) is 7.28. The van der Waals surface area contributed by atoms with Crippen molar-refractivity contribution in [1.29, 1.82) is 5.26 Å². The molecular formula is C24H28Cl2N6O3. The third kappa shape index (κ3) is 4.72. The quantitative estimate of drug-likeness (QED) is 0.530. The fraction of sp³-hybridized carbons (Fsp3) is 0.542. The molecule has 3 fully saturated rings. The average molecular weight is 519 g/mol. The van der Waals surface area contributed by atoms with Gasteiger partial charge in [0.05, 0.1) is 46.1 Å². The number of nitrogens with one attached hydrogen (secondary N) is 2. The molecule has 0 amide bonds. The van der Waals surface area contributed by atoms with Gasteiger partial charge in [-0.2, -0.15) is 5.26 Å². The SMILES string of the molecule is COC1CC2NNC(c3cnc(N4CC(O)C4)c(C#N)c3)C2CC1O[C@H](C)c1c(Cl)cncc1Cl. The molecular weight excluding hydrogens is 491 g/mol. The fourth-order valence-electron chi connectivity index (χ4n) is 5.47. The van der Waals surface area contributed by atoms with Gasteiger partial charge in [-0.05, 0) is 37.3 Å². The summed E-state index contributed by atoms with van der Waals surface area (Å²) in [7, 11) is 1.70. The molecule has 1 saturated carbocycles. The molecule has 0 spiro atoms. The van der Waals surface area contributed by atoms with Crippen LogP contribution < -0.4 is 15.8 Å². The van der Waals surface area contributed by atoms with Crippen molar-refractivity contribution in [3.63, 3.8) is 0 Å². The number of β-amino-alcohol motifs (C(OH)–C–C–N with tert-alkyl or cyclic N) is 1. The first-order valence-electron chi connectivity index (χ1n) is 11.7. The topological polar surface area (TPSA) is 116 Å². The number of methoxy groups -OCH3 is 1. The van der Waals surface area contributed by atoms with Gasteiger partial charge in [-0.3, -0.25) is 10.4 Å². The number of ether oxygens (including phenoxy) is 2. The summed E-state index contributed by atoms with van der Waals surface area (Å²) < 4.78 is 12.3. The van der Waals surface area contributed by atoms with E-state index in [0.717, 1.165) is 18.4 Å². The van der Waals surface area contributed by atoms with Crippen molar-refractivity contribution < 1.29 is 14.6 Å². The second-order valence-corrected chi connectivity index (χ2v) is 10.2. The molecule has 2 saturated heterocycles. The highest BCUT2D eigenvalue weighted by Crippen LogP contribution is 2.42. The smallest absolute Gasteiger partial charge is 0.146 e. The van der Waals surface area contributed by atoms with Gasteiger partial charge in [-0.25, -0.2) is 10.4 Å². The fourth-order valence-corrected chi connectivity index (χ4v) is 6.14. The van der Waals surface area contributed by atoms with E-state index in [2.05, 4.69) is 26.9 Å². The molecule has 2 aromatic heterocycles. The molecule has 1 aliphatic carbocycles. The summed E-state index contributed by atoms with van der Waals surface area (Å²) in [5.41, 5.74) is 8.98. The zero-order chi connectivity index (χ0) is 24.7. The lowest BCUT2D eigenvalue weighted by Crippen LogP contribution is -2.51. The molecule has 2 aromatic rings. The molecule has 3 N–H and O–H groups in total. The van der Waals surface area contributed by atoms with Crippen molar-refractivity contribution in [2.24, 2.45) is 5.92 Å². The van der Waals surface area contributed by atoms with Crippen molar-refractivity contribution in [2.75, 3.05) is 25.1 Å². The number of nitriles is 1. The minimum atomic E-state index is -0.364. The van der Waals surface area contributed by atoms with Gasteiger partial charge < -0.3 is 19.5 Å².